The quantitative estimate of drug-likeness (QED) is 0.919. The van der Waals surface area contributed by atoms with Gasteiger partial charge in [-0.15, -0.1) is 0 Å². The second kappa shape index (κ2) is 6.12. The minimum absolute atomic E-state index is 0.0204. The second-order valence-electron chi connectivity index (χ2n) is 5.65. The largest absolute Gasteiger partial charge is 0.495 e. The van der Waals surface area contributed by atoms with E-state index in [-0.39, 0.29) is 5.60 Å². The van der Waals surface area contributed by atoms with Crippen LogP contribution >= 0.6 is 11.6 Å². The van der Waals surface area contributed by atoms with Crippen LogP contribution in [0.3, 0.4) is 0 Å². The molecule has 1 saturated heterocycles. The number of hydrogen-bond acceptors (Lipinski definition) is 3. The van der Waals surface area contributed by atoms with Crippen molar-refractivity contribution in [1.82, 2.24) is 5.32 Å². The Balaban J connectivity index is 1.90. The first kappa shape index (κ1) is 14.6. The molecule has 1 fully saturated rings. The molecule has 0 radical (unpaired) electrons. The van der Waals surface area contributed by atoms with E-state index >= 15 is 0 Å². The number of methoxy groups -OCH3 is 1. The lowest BCUT2D eigenvalue weighted by atomic mass is 9.94. The molecule has 1 heterocycles. The fraction of sp³-hybridized carbons (Fsp3) is 0.600. The zero-order valence-electron chi connectivity index (χ0n) is 11.8. The summed E-state index contributed by atoms with van der Waals surface area (Å²) < 4.78 is 10.9. The second-order valence-corrected chi connectivity index (χ2v) is 6.05. The smallest absolute Gasteiger partial charge is 0.137 e. The Kier molecular flexibility index (Phi) is 4.71. The van der Waals surface area contributed by atoms with E-state index in [9.17, 15) is 0 Å². The van der Waals surface area contributed by atoms with Crippen LogP contribution in [0.25, 0.3) is 0 Å². The van der Waals surface area contributed by atoms with Crippen molar-refractivity contribution in [3.05, 3.63) is 28.8 Å². The van der Waals surface area contributed by atoms with Gasteiger partial charge in [0, 0.05) is 19.2 Å². The van der Waals surface area contributed by atoms with E-state index in [1.807, 2.05) is 18.2 Å². The van der Waals surface area contributed by atoms with Gasteiger partial charge in [-0.2, -0.15) is 0 Å². The number of hydrogen-bond donors (Lipinski definition) is 1. The fourth-order valence-electron chi connectivity index (χ4n) is 2.49. The van der Waals surface area contributed by atoms with E-state index in [0.29, 0.717) is 11.1 Å². The minimum atomic E-state index is -0.0204. The van der Waals surface area contributed by atoms with Gasteiger partial charge in [0.2, 0.25) is 0 Å². The summed E-state index contributed by atoms with van der Waals surface area (Å²) in [5, 5.41) is 4.24. The summed E-state index contributed by atoms with van der Waals surface area (Å²) in [6.07, 6.45) is 2.10. The monoisotopic (exact) mass is 283 g/mol. The molecule has 1 aliphatic heterocycles. The molecule has 0 aromatic heterocycles. The van der Waals surface area contributed by atoms with Gasteiger partial charge in [0.05, 0.1) is 17.7 Å². The summed E-state index contributed by atoms with van der Waals surface area (Å²) in [6, 6.07) is 6.41. The van der Waals surface area contributed by atoms with Crippen molar-refractivity contribution >= 4 is 11.6 Å². The van der Waals surface area contributed by atoms with Gasteiger partial charge in [-0.05, 0) is 44.4 Å². The average Bonchev–Trinajstić information content (AvgIpc) is 2.35. The van der Waals surface area contributed by atoms with Crippen LogP contribution < -0.4 is 10.1 Å². The zero-order valence-corrected chi connectivity index (χ0v) is 12.6. The van der Waals surface area contributed by atoms with Crippen molar-refractivity contribution in [3.63, 3.8) is 0 Å². The summed E-state index contributed by atoms with van der Waals surface area (Å²) in [4.78, 5) is 0. The molecule has 19 heavy (non-hydrogen) atoms. The maximum Gasteiger partial charge on any atom is 0.137 e. The zero-order chi connectivity index (χ0) is 13.9. The lowest BCUT2D eigenvalue weighted by molar-refractivity contribution is -0.0630. The summed E-state index contributed by atoms with van der Waals surface area (Å²) >= 11 is 6.12. The molecular weight excluding hydrogens is 262 g/mol. The molecule has 1 aliphatic rings. The van der Waals surface area contributed by atoms with Gasteiger partial charge in [0.25, 0.3) is 0 Å². The highest BCUT2D eigenvalue weighted by Crippen LogP contribution is 2.26. The average molecular weight is 284 g/mol. The van der Waals surface area contributed by atoms with E-state index < -0.39 is 0 Å². The van der Waals surface area contributed by atoms with Crippen LogP contribution in [0.2, 0.25) is 5.02 Å². The first-order chi connectivity index (χ1) is 9.00. The van der Waals surface area contributed by atoms with Gasteiger partial charge in [0.1, 0.15) is 5.75 Å². The molecule has 0 aliphatic carbocycles. The van der Waals surface area contributed by atoms with Gasteiger partial charge in [0.15, 0.2) is 0 Å². The van der Waals surface area contributed by atoms with Gasteiger partial charge < -0.3 is 14.8 Å². The number of ether oxygens (including phenoxy) is 2. The third-order valence-electron chi connectivity index (χ3n) is 3.51. The van der Waals surface area contributed by atoms with Gasteiger partial charge in [-0.25, -0.2) is 0 Å². The number of rotatable bonds is 4. The summed E-state index contributed by atoms with van der Waals surface area (Å²) in [5.74, 6) is 0.720. The van der Waals surface area contributed by atoms with Gasteiger partial charge in [-0.1, -0.05) is 17.7 Å². The molecular formula is C15H22ClNO2. The Bertz CT molecular complexity index is 434. The Morgan fingerprint density at radius 2 is 2.26 bits per heavy atom. The SMILES string of the molecule is COc1ccc(CNC2CCOC(C)(C)C2)cc1Cl. The topological polar surface area (TPSA) is 30.5 Å². The molecule has 0 bridgehead atoms. The highest BCUT2D eigenvalue weighted by Gasteiger charge is 2.28. The normalized spacial score (nSPS) is 22.2. The van der Waals surface area contributed by atoms with Gasteiger partial charge in [-0.3, -0.25) is 0 Å². The third-order valence-corrected chi connectivity index (χ3v) is 3.80. The predicted octanol–water partition coefficient (Wildman–Crippen LogP) is 3.40. The van der Waals surface area contributed by atoms with Crippen molar-refractivity contribution < 1.29 is 9.47 Å². The van der Waals surface area contributed by atoms with Crippen LogP contribution in [0, 0.1) is 0 Å². The molecule has 1 atom stereocenters. The van der Waals surface area contributed by atoms with Crippen molar-refractivity contribution in [1.29, 1.82) is 0 Å². The lowest BCUT2D eigenvalue weighted by Crippen LogP contribution is -2.43. The van der Waals surface area contributed by atoms with Crippen LogP contribution in [-0.4, -0.2) is 25.4 Å². The summed E-state index contributed by atoms with van der Waals surface area (Å²) in [7, 11) is 1.63. The summed E-state index contributed by atoms with van der Waals surface area (Å²) in [6.45, 7) is 5.94. The van der Waals surface area contributed by atoms with E-state index in [1.54, 1.807) is 7.11 Å². The molecule has 106 valence electrons. The first-order valence-corrected chi connectivity index (χ1v) is 7.08. The highest BCUT2D eigenvalue weighted by molar-refractivity contribution is 6.32. The molecule has 0 amide bonds. The maximum atomic E-state index is 6.12. The fourth-order valence-corrected chi connectivity index (χ4v) is 2.77. The highest BCUT2D eigenvalue weighted by atomic mass is 35.5. The Labute approximate surface area is 120 Å². The molecule has 1 aromatic rings. The molecule has 0 saturated carbocycles. The molecule has 4 heteroatoms. The van der Waals surface area contributed by atoms with Crippen LogP contribution in [0.15, 0.2) is 18.2 Å². The van der Waals surface area contributed by atoms with Crippen molar-refractivity contribution in [3.8, 4) is 5.75 Å². The van der Waals surface area contributed by atoms with Crippen molar-refractivity contribution in [2.75, 3.05) is 13.7 Å². The Morgan fingerprint density at radius 3 is 2.89 bits per heavy atom. The molecule has 1 unspecified atom stereocenters. The van der Waals surface area contributed by atoms with E-state index in [1.165, 1.54) is 5.56 Å². The van der Waals surface area contributed by atoms with Crippen molar-refractivity contribution in [2.45, 2.75) is 44.9 Å². The van der Waals surface area contributed by atoms with Crippen molar-refractivity contribution in [2.24, 2.45) is 0 Å². The molecule has 2 rings (SSSR count). The molecule has 0 spiro atoms. The van der Waals surface area contributed by atoms with Crippen LogP contribution in [-0.2, 0) is 11.3 Å². The molecule has 1 N–H and O–H groups in total. The number of halogens is 1. The number of nitrogens with one attached hydrogen (secondary N) is 1. The molecule has 1 aromatic carbocycles. The minimum Gasteiger partial charge on any atom is -0.495 e. The van der Waals surface area contributed by atoms with E-state index in [0.717, 1.165) is 31.7 Å². The Morgan fingerprint density at radius 1 is 1.47 bits per heavy atom. The van der Waals surface area contributed by atoms with E-state index in [2.05, 4.69) is 19.2 Å². The van der Waals surface area contributed by atoms with Crippen LogP contribution in [0.4, 0.5) is 0 Å². The third kappa shape index (κ3) is 4.10. The van der Waals surface area contributed by atoms with E-state index in [4.69, 9.17) is 21.1 Å². The lowest BCUT2D eigenvalue weighted by Gasteiger charge is -2.36. The maximum absolute atomic E-state index is 6.12. The summed E-state index contributed by atoms with van der Waals surface area (Å²) in [5.41, 5.74) is 1.16. The molecule has 3 nitrogen and oxygen atoms in total. The van der Waals surface area contributed by atoms with Crippen LogP contribution in [0.1, 0.15) is 32.3 Å². The number of benzene rings is 1. The predicted molar refractivity (Wildman–Crippen MR) is 77.9 cm³/mol. The Hall–Kier alpha value is -0.770. The van der Waals surface area contributed by atoms with Crippen LogP contribution in [0.5, 0.6) is 5.75 Å². The standard InChI is InChI=1S/C15H22ClNO2/c1-15(2)9-12(6-7-19-15)17-10-11-4-5-14(18-3)13(16)8-11/h4-5,8,12,17H,6-7,9-10H2,1-3H3. The van der Waals surface area contributed by atoms with Gasteiger partial charge >= 0.3 is 0 Å². The first-order valence-electron chi connectivity index (χ1n) is 6.70.